The third-order valence-electron chi connectivity index (χ3n) is 3.48. The SMILES string of the molecule is ClCCC=C1c2ccccc2C=Cc2c(Cl)cccc21. The molecule has 0 bridgehead atoms. The predicted octanol–water partition coefficient (Wildman–Crippen LogP) is 5.88. The Hall–Kier alpha value is -1.50. The topological polar surface area (TPSA) is 0 Å². The van der Waals surface area contributed by atoms with Gasteiger partial charge in [0.25, 0.3) is 0 Å². The third-order valence-corrected chi connectivity index (χ3v) is 4.03. The number of allylic oxidation sites excluding steroid dienone is 1. The van der Waals surface area contributed by atoms with E-state index < -0.39 is 0 Å². The molecule has 0 saturated heterocycles. The molecule has 1 aliphatic rings. The summed E-state index contributed by atoms with van der Waals surface area (Å²) in [6.45, 7) is 0. The minimum Gasteiger partial charge on any atom is -0.126 e. The molecule has 0 amide bonds. The number of rotatable bonds is 2. The molecule has 0 saturated carbocycles. The van der Waals surface area contributed by atoms with Crippen molar-refractivity contribution in [3.8, 4) is 0 Å². The fourth-order valence-electron chi connectivity index (χ4n) is 2.57. The van der Waals surface area contributed by atoms with Crippen molar-refractivity contribution < 1.29 is 0 Å². The molecule has 2 heteroatoms. The van der Waals surface area contributed by atoms with Crippen LogP contribution >= 0.6 is 23.2 Å². The number of halogens is 2. The summed E-state index contributed by atoms with van der Waals surface area (Å²) in [5, 5.41) is 0.781. The van der Waals surface area contributed by atoms with Crippen LogP contribution in [0.3, 0.4) is 0 Å². The Morgan fingerprint density at radius 3 is 2.55 bits per heavy atom. The molecule has 0 aromatic heterocycles. The van der Waals surface area contributed by atoms with E-state index in [1.165, 1.54) is 22.3 Å². The van der Waals surface area contributed by atoms with Crippen molar-refractivity contribution in [3.63, 3.8) is 0 Å². The van der Waals surface area contributed by atoms with E-state index in [2.05, 4.69) is 48.6 Å². The lowest BCUT2D eigenvalue weighted by molar-refractivity contribution is 1.23. The summed E-state index contributed by atoms with van der Waals surface area (Å²) in [5.74, 6) is 0.620. The standard InChI is InChI=1S/C18H14Cl2/c19-12-4-8-15-14-6-2-1-5-13(14)10-11-17-16(15)7-3-9-18(17)20/h1-3,5-11H,4,12H2. The van der Waals surface area contributed by atoms with E-state index in [4.69, 9.17) is 23.2 Å². The second-order valence-corrected chi connectivity index (χ2v) is 5.50. The van der Waals surface area contributed by atoms with Gasteiger partial charge in [-0.05, 0) is 34.8 Å². The fourth-order valence-corrected chi connectivity index (χ4v) is 2.91. The quantitative estimate of drug-likeness (QED) is 0.518. The smallest absolute Gasteiger partial charge is 0.0484 e. The zero-order valence-corrected chi connectivity index (χ0v) is 12.5. The summed E-state index contributed by atoms with van der Waals surface area (Å²) in [4.78, 5) is 0. The summed E-state index contributed by atoms with van der Waals surface area (Å²) in [5.41, 5.74) is 5.90. The highest BCUT2D eigenvalue weighted by Gasteiger charge is 2.15. The van der Waals surface area contributed by atoms with Crippen LogP contribution in [0.2, 0.25) is 5.02 Å². The van der Waals surface area contributed by atoms with E-state index >= 15 is 0 Å². The van der Waals surface area contributed by atoms with Gasteiger partial charge in [-0.2, -0.15) is 0 Å². The van der Waals surface area contributed by atoms with Crippen LogP contribution in [0.1, 0.15) is 28.7 Å². The molecule has 0 heterocycles. The molecule has 2 aromatic carbocycles. The monoisotopic (exact) mass is 300 g/mol. The molecule has 0 aliphatic heterocycles. The Balaban J connectivity index is 2.28. The lowest BCUT2D eigenvalue weighted by Crippen LogP contribution is -1.93. The van der Waals surface area contributed by atoms with E-state index in [1.54, 1.807) is 0 Å². The summed E-state index contributed by atoms with van der Waals surface area (Å²) in [7, 11) is 0. The van der Waals surface area contributed by atoms with E-state index in [-0.39, 0.29) is 0 Å². The summed E-state index contributed by atoms with van der Waals surface area (Å²) < 4.78 is 0. The Morgan fingerprint density at radius 1 is 0.900 bits per heavy atom. The Labute approximate surface area is 129 Å². The van der Waals surface area contributed by atoms with Crippen molar-refractivity contribution in [3.05, 3.63) is 75.8 Å². The normalized spacial score (nSPS) is 14.8. The van der Waals surface area contributed by atoms with E-state index in [0.29, 0.717) is 5.88 Å². The third kappa shape index (κ3) is 2.42. The van der Waals surface area contributed by atoms with Crippen LogP contribution in [0.4, 0.5) is 0 Å². The molecule has 1 aliphatic carbocycles. The van der Waals surface area contributed by atoms with Crippen LogP contribution in [0.25, 0.3) is 17.7 Å². The van der Waals surface area contributed by atoms with Crippen LogP contribution in [0, 0.1) is 0 Å². The van der Waals surface area contributed by atoms with Crippen molar-refractivity contribution in [2.45, 2.75) is 6.42 Å². The Kier molecular flexibility index (Phi) is 3.95. The highest BCUT2D eigenvalue weighted by atomic mass is 35.5. The lowest BCUT2D eigenvalue weighted by Gasteiger charge is -2.12. The molecular formula is C18H14Cl2. The van der Waals surface area contributed by atoms with Crippen molar-refractivity contribution in [1.29, 1.82) is 0 Å². The number of hydrogen-bond donors (Lipinski definition) is 0. The molecule has 20 heavy (non-hydrogen) atoms. The zero-order chi connectivity index (χ0) is 13.9. The maximum absolute atomic E-state index is 6.35. The summed E-state index contributed by atoms with van der Waals surface area (Å²) in [6.07, 6.45) is 7.27. The van der Waals surface area contributed by atoms with Crippen molar-refractivity contribution in [1.82, 2.24) is 0 Å². The molecule has 0 unspecified atom stereocenters. The molecule has 0 radical (unpaired) electrons. The number of fused-ring (bicyclic) bond motifs is 2. The Bertz CT molecular complexity index is 696. The summed E-state index contributed by atoms with van der Waals surface area (Å²) >= 11 is 12.2. The lowest BCUT2D eigenvalue weighted by atomic mass is 9.93. The minimum atomic E-state index is 0.620. The molecule has 2 aromatic rings. The van der Waals surface area contributed by atoms with Gasteiger partial charge in [-0.15, -0.1) is 11.6 Å². The first-order valence-electron chi connectivity index (χ1n) is 6.64. The Morgan fingerprint density at radius 2 is 1.70 bits per heavy atom. The number of benzene rings is 2. The first-order valence-corrected chi connectivity index (χ1v) is 7.55. The molecule has 0 atom stereocenters. The van der Waals surface area contributed by atoms with Gasteiger partial charge in [0.2, 0.25) is 0 Å². The van der Waals surface area contributed by atoms with Crippen molar-refractivity contribution >= 4 is 40.9 Å². The van der Waals surface area contributed by atoms with Gasteiger partial charge in [-0.3, -0.25) is 0 Å². The van der Waals surface area contributed by atoms with Gasteiger partial charge >= 0.3 is 0 Å². The maximum Gasteiger partial charge on any atom is 0.0484 e. The van der Waals surface area contributed by atoms with Crippen LogP contribution in [-0.4, -0.2) is 5.88 Å². The van der Waals surface area contributed by atoms with Gasteiger partial charge in [0.1, 0.15) is 0 Å². The average molecular weight is 301 g/mol. The van der Waals surface area contributed by atoms with Gasteiger partial charge in [-0.1, -0.05) is 66.2 Å². The van der Waals surface area contributed by atoms with Gasteiger partial charge < -0.3 is 0 Å². The zero-order valence-electron chi connectivity index (χ0n) is 10.9. The highest BCUT2D eigenvalue weighted by Crippen LogP contribution is 2.36. The highest BCUT2D eigenvalue weighted by molar-refractivity contribution is 6.32. The van der Waals surface area contributed by atoms with E-state index in [0.717, 1.165) is 17.0 Å². The number of alkyl halides is 1. The molecule has 3 rings (SSSR count). The van der Waals surface area contributed by atoms with Crippen molar-refractivity contribution in [2.75, 3.05) is 5.88 Å². The molecule has 0 nitrogen and oxygen atoms in total. The van der Waals surface area contributed by atoms with Crippen LogP contribution in [-0.2, 0) is 0 Å². The molecular weight excluding hydrogens is 287 g/mol. The van der Waals surface area contributed by atoms with E-state index in [9.17, 15) is 0 Å². The average Bonchev–Trinajstić information content (AvgIpc) is 2.63. The predicted molar refractivity (Wildman–Crippen MR) is 89.2 cm³/mol. The van der Waals surface area contributed by atoms with Gasteiger partial charge in [0.15, 0.2) is 0 Å². The molecule has 0 spiro atoms. The van der Waals surface area contributed by atoms with Crippen molar-refractivity contribution in [2.24, 2.45) is 0 Å². The molecule has 0 fully saturated rings. The largest absolute Gasteiger partial charge is 0.126 e. The second kappa shape index (κ2) is 5.87. The van der Waals surface area contributed by atoms with Gasteiger partial charge in [-0.25, -0.2) is 0 Å². The first-order chi connectivity index (χ1) is 9.81. The molecule has 100 valence electrons. The summed E-state index contributed by atoms with van der Waals surface area (Å²) in [6, 6.07) is 14.4. The van der Waals surface area contributed by atoms with Crippen LogP contribution in [0.5, 0.6) is 0 Å². The molecule has 0 N–H and O–H groups in total. The first kappa shape index (κ1) is 13.5. The minimum absolute atomic E-state index is 0.620. The number of hydrogen-bond acceptors (Lipinski definition) is 0. The van der Waals surface area contributed by atoms with Gasteiger partial charge in [0, 0.05) is 16.5 Å². The fraction of sp³-hybridized carbons (Fsp3) is 0.111. The van der Waals surface area contributed by atoms with Crippen LogP contribution < -0.4 is 0 Å². The van der Waals surface area contributed by atoms with Gasteiger partial charge in [0.05, 0.1) is 0 Å². The second-order valence-electron chi connectivity index (χ2n) is 4.72. The van der Waals surface area contributed by atoms with E-state index in [1.807, 2.05) is 12.1 Å². The maximum atomic E-state index is 6.35. The van der Waals surface area contributed by atoms with Crippen LogP contribution in [0.15, 0.2) is 48.5 Å².